The van der Waals surface area contributed by atoms with E-state index in [0.717, 1.165) is 36.2 Å². The maximum Gasteiger partial charge on any atom is 0.151 e. The Morgan fingerprint density at radius 1 is 1.03 bits per heavy atom. The van der Waals surface area contributed by atoms with E-state index in [1.165, 1.54) is 0 Å². The molecule has 0 spiro atoms. The van der Waals surface area contributed by atoms with Gasteiger partial charge in [0, 0.05) is 35.3 Å². The maximum atomic E-state index is 10.5. The van der Waals surface area contributed by atoms with E-state index in [9.17, 15) is 5.11 Å². The van der Waals surface area contributed by atoms with Crippen molar-refractivity contribution in [3.8, 4) is 17.0 Å². The number of nitrogens with zero attached hydrogens (tertiary/aromatic N) is 4. The Kier molecular flexibility index (Phi) is 4.97. The zero-order valence-corrected chi connectivity index (χ0v) is 18.4. The van der Waals surface area contributed by atoms with Gasteiger partial charge in [0.15, 0.2) is 5.82 Å². The van der Waals surface area contributed by atoms with E-state index in [2.05, 4.69) is 60.3 Å². The van der Waals surface area contributed by atoms with Gasteiger partial charge >= 0.3 is 0 Å². The molecule has 2 heterocycles. The quantitative estimate of drug-likeness (QED) is 0.528. The molecule has 160 valence electrons. The molecule has 0 atom stereocenters. The van der Waals surface area contributed by atoms with E-state index in [4.69, 9.17) is 5.21 Å². The molecule has 0 saturated carbocycles. The number of aromatic hydroxyl groups is 1. The first kappa shape index (κ1) is 20.6. The molecule has 0 unspecified atom stereocenters. The van der Waals surface area contributed by atoms with E-state index < -0.39 is 0 Å². The topological polar surface area (TPSA) is 93.9 Å². The lowest BCUT2D eigenvalue weighted by atomic mass is 9.79. The van der Waals surface area contributed by atoms with Crippen LogP contribution >= 0.6 is 0 Å². The van der Waals surface area contributed by atoms with Crippen molar-refractivity contribution >= 4 is 11.5 Å². The largest absolute Gasteiger partial charge is 0.507 e. The normalized spacial score (nSPS) is 21.6. The molecule has 1 aromatic carbocycles. The molecule has 0 amide bonds. The van der Waals surface area contributed by atoms with Crippen molar-refractivity contribution < 1.29 is 10.3 Å². The second-order valence-corrected chi connectivity index (χ2v) is 9.92. The van der Waals surface area contributed by atoms with Crippen LogP contribution < -0.4 is 10.2 Å². The highest BCUT2D eigenvalue weighted by atomic mass is 16.4. The van der Waals surface area contributed by atoms with Crippen molar-refractivity contribution in [1.82, 2.24) is 15.5 Å². The second kappa shape index (κ2) is 7.23. The van der Waals surface area contributed by atoms with E-state index in [-0.39, 0.29) is 16.8 Å². The SMILES string of the molecule is CN(c1ccc(-c2cc3c(cc2O)C(=NO)CC3)nn1)C1CC(C)(C)NC(C)(C)C1. The van der Waals surface area contributed by atoms with Crippen LogP contribution in [0.25, 0.3) is 11.3 Å². The smallest absolute Gasteiger partial charge is 0.151 e. The predicted molar refractivity (Wildman–Crippen MR) is 118 cm³/mol. The summed E-state index contributed by atoms with van der Waals surface area (Å²) in [6.07, 6.45) is 3.51. The zero-order chi connectivity index (χ0) is 21.7. The van der Waals surface area contributed by atoms with Crippen LogP contribution in [-0.4, -0.2) is 50.4 Å². The number of rotatable bonds is 3. The molecule has 1 aliphatic carbocycles. The summed E-state index contributed by atoms with van der Waals surface area (Å²) in [4.78, 5) is 2.22. The number of anilines is 1. The van der Waals surface area contributed by atoms with Gasteiger partial charge in [-0.1, -0.05) is 5.16 Å². The van der Waals surface area contributed by atoms with Crippen LogP contribution in [0.15, 0.2) is 29.4 Å². The monoisotopic (exact) mass is 409 g/mol. The molecule has 1 aromatic heterocycles. The summed E-state index contributed by atoms with van der Waals surface area (Å²) in [5.74, 6) is 0.946. The number of piperidine rings is 1. The van der Waals surface area contributed by atoms with Crippen LogP contribution in [-0.2, 0) is 6.42 Å². The molecular weight excluding hydrogens is 378 g/mol. The van der Waals surface area contributed by atoms with Crippen molar-refractivity contribution in [3.63, 3.8) is 0 Å². The third-order valence-corrected chi connectivity index (χ3v) is 6.29. The number of aryl methyl sites for hydroxylation is 1. The van der Waals surface area contributed by atoms with Crippen LogP contribution in [0.3, 0.4) is 0 Å². The first-order chi connectivity index (χ1) is 14.1. The van der Waals surface area contributed by atoms with Crippen LogP contribution in [0.4, 0.5) is 5.82 Å². The van der Waals surface area contributed by atoms with Crippen LogP contribution in [0, 0.1) is 0 Å². The number of hydrogen-bond donors (Lipinski definition) is 3. The lowest BCUT2D eigenvalue weighted by Gasteiger charge is -2.49. The predicted octanol–water partition coefficient (Wildman–Crippen LogP) is 3.72. The first-order valence-electron chi connectivity index (χ1n) is 10.5. The minimum atomic E-state index is 0.0565. The summed E-state index contributed by atoms with van der Waals surface area (Å²) in [6, 6.07) is 7.83. The van der Waals surface area contributed by atoms with Crippen molar-refractivity contribution in [1.29, 1.82) is 0 Å². The third-order valence-electron chi connectivity index (χ3n) is 6.29. The lowest BCUT2D eigenvalue weighted by Crippen LogP contribution is -2.62. The first-order valence-corrected chi connectivity index (χ1v) is 10.5. The van der Waals surface area contributed by atoms with Gasteiger partial charge in [0.1, 0.15) is 5.75 Å². The minimum absolute atomic E-state index is 0.0565. The lowest BCUT2D eigenvalue weighted by molar-refractivity contribution is 0.160. The van der Waals surface area contributed by atoms with Gasteiger partial charge in [0.05, 0.1) is 11.4 Å². The fourth-order valence-electron chi connectivity index (χ4n) is 5.19. The van der Waals surface area contributed by atoms with Crippen LogP contribution in [0.1, 0.15) is 58.1 Å². The van der Waals surface area contributed by atoms with Gasteiger partial charge in [-0.3, -0.25) is 0 Å². The van der Waals surface area contributed by atoms with Gasteiger partial charge in [-0.25, -0.2) is 0 Å². The number of fused-ring (bicyclic) bond motifs is 1. The van der Waals surface area contributed by atoms with E-state index >= 15 is 0 Å². The van der Waals surface area contributed by atoms with E-state index in [1.807, 2.05) is 18.2 Å². The molecule has 7 heteroatoms. The van der Waals surface area contributed by atoms with Gasteiger partial charge < -0.3 is 20.5 Å². The van der Waals surface area contributed by atoms with Crippen molar-refractivity contribution in [2.75, 3.05) is 11.9 Å². The molecule has 2 aromatic rings. The summed E-state index contributed by atoms with van der Waals surface area (Å²) in [5.41, 5.74) is 3.87. The van der Waals surface area contributed by atoms with Crippen LogP contribution in [0.5, 0.6) is 5.75 Å². The summed E-state index contributed by atoms with van der Waals surface area (Å²) < 4.78 is 0. The third kappa shape index (κ3) is 3.86. The zero-order valence-electron chi connectivity index (χ0n) is 18.4. The number of nitrogens with one attached hydrogen (secondary N) is 1. The van der Waals surface area contributed by atoms with Gasteiger partial charge in [-0.15, -0.1) is 10.2 Å². The Hall–Kier alpha value is -2.67. The molecular formula is C23H31N5O2. The van der Waals surface area contributed by atoms with E-state index in [1.54, 1.807) is 6.07 Å². The van der Waals surface area contributed by atoms with Crippen molar-refractivity contribution in [2.45, 2.75) is 70.5 Å². The Morgan fingerprint density at radius 2 is 1.73 bits per heavy atom. The number of phenols is 1. The Labute approximate surface area is 177 Å². The summed E-state index contributed by atoms with van der Waals surface area (Å²) >= 11 is 0. The molecule has 4 rings (SSSR count). The molecule has 0 radical (unpaired) electrons. The minimum Gasteiger partial charge on any atom is -0.507 e. The fourth-order valence-corrected chi connectivity index (χ4v) is 5.19. The summed E-state index contributed by atoms with van der Waals surface area (Å²) in [6.45, 7) is 8.97. The molecule has 1 aliphatic heterocycles. The number of benzene rings is 1. The maximum absolute atomic E-state index is 10.5. The molecule has 2 aliphatic rings. The molecule has 30 heavy (non-hydrogen) atoms. The molecule has 1 saturated heterocycles. The van der Waals surface area contributed by atoms with Gasteiger partial charge in [-0.2, -0.15) is 0 Å². The van der Waals surface area contributed by atoms with Gasteiger partial charge in [0.2, 0.25) is 0 Å². The van der Waals surface area contributed by atoms with Crippen molar-refractivity contribution in [3.05, 3.63) is 35.4 Å². The Balaban J connectivity index is 1.58. The average Bonchev–Trinajstić information content (AvgIpc) is 3.06. The standard InChI is InChI=1S/C23H31N5O2/c1-22(2)12-15(13-23(3,4)27-22)28(5)21-9-8-18(24-25-21)17-10-14-6-7-19(26-30)16(14)11-20(17)29/h8-11,15,27,29-30H,6-7,12-13H2,1-5H3. The summed E-state index contributed by atoms with van der Waals surface area (Å²) in [5, 5.41) is 35.6. The number of oxime groups is 1. The van der Waals surface area contributed by atoms with E-state index in [0.29, 0.717) is 29.4 Å². The highest BCUT2D eigenvalue weighted by Crippen LogP contribution is 2.36. The van der Waals surface area contributed by atoms with Gasteiger partial charge in [-0.05, 0) is 83.2 Å². The molecule has 1 fully saturated rings. The highest BCUT2D eigenvalue weighted by Gasteiger charge is 2.39. The van der Waals surface area contributed by atoms with Gasteiger partial charge in [0.25, 0.3) is 0 Å². The Bertz CT molecular complexity index is 966. The number of hydrogen-bond acceptors (Lipinski definition) is 7. The fraction of sp³-hybridized carbons (Fsp3) is 0.522. The molecule has 7 nitrogen and oxygen atoms in total. The number of phenolic OH excluding ortho intramolecular Hbond substituents is 1. The average molecular weight is 410 g/mol. The molecule has 3 N–H and O–H groups in total. The summed E-state index contributed by atoms with van der Waals surface area (Å²) in [7, 11) is 2.08. The van der Waals surface area contributed by atoms with Crippen LogP contribution in [0.2, 0.25) is 0 Å². The molecule has 0 bridgehead atoms. The second-order valence-electron chi connectivity index (χ2n) is 9.92. The highest BCUT2D eigenvalue weighted by molar-refractivity contribution is 6.05. The Morgan fingerprint density at radius 3 is 2.33 bits per heavy atom. The number of aromatic nitrogens is 2. The van der Waals surface area contributed by atoms with Crippen molar-refractivity contribution in [2.24, 2.45) is 5.16 Å².